The molecule has 3 nitrogen and oxygen atoms in total. The standard InChI is InChI=1S/C16H12BrFN2O/c1-9-2-4-10(5-3-9)14-15(21-20-16(14)19)11-6-7-12(17)13(18)8-11/h2-8H,1H3,(H2,19,20). The first-order chi connectivity index (χ1) is 10.1. The van der Waals surface area contributed by atoms with Crippen LogP contribution in [0.4, 0.5) is 10.2 Å². The van der Waals surface area contributed by atoms with Crippen LogP contribution in [0, 0.1) is 12.7 Å². The number of hydrogen-bond acceptors (Lipinski definition) is 3. The monoisotopic (exact) mass is 346 g/mol. The van der Waals surface area contributed by atoms with E-state index in [4.69, 9.17) is 10.3 Å². The minimum atomic E-state index is -0.364. The fraction of sp³-hybridized carbons (Fsp3) is 0.0625. The molecule has 1 heterocycles. The first-order valence-electron chi connectivity index (χ1n) is 6.34. The summed E-state index contributed by atoms with van der Waals surface area (Å²) in [5.74, 6) is 0.386. The Labute approximate surface area is 129 Å². The van der Waals surface area contributed by atoms with Crippen LogP contribution >= 0.6 is 15.9 Å². The number of rotatable bonds is 2. The number of halogens is 2. The zero-order valence-corrected chi connectivity index (χ0v) is 12.8. The van der Waals surface area contributed by atoms with Crippen molar-refractivity contribution in [3.8, 4) is 22.5 Å². The zero-order valence-electron chi connectivity index (χ0n) is 11.2. The maximum Gasteiger partial charge on any atom is 0.177 e. The number of nitrogens with zero attached hydrogens (tertiary/aromatic N) is 1. The fourth-order valence-corrected chi connectivity index (χ4v) is 2.38. The number of nitrogens with two attached hydrogens (primary N) is 1. The van der Waals surface area contributed by atoms with Crippen molar-refractivity contribution in [3.05, 3.63) is 58.3 Å². The van der Waals surface area contributed by atoms with E-state index in [0.717, 1.165) is 11.1 Å². The minimum absolute atomic E-state index is 0.289. The highest BCUT2D eigenvalue weighted by Crippen LogP contribution is 2.37. The van der Waals surface area contributed by atoms with Gasteiger partial charge in [-0.3, -0.25) is 0 Å². The third-order valence-corrected chi connectivity index (χ3v) is 3.88. The fourth-order valence-electron chi connectivity index (χ4n) is 2.14. The Morgan fingerprint density at radius 3 is 2.43 bits per heavy atom. The third kappa shape index (κ3) is 2.56. The van der Waals surface area contributed by atoms with Gasteiger partial charge in [0, 0.05) is 5.56 Å². The third-order valence-electron chi connectivity index (χ3n) is 3.24. The number of aromatic nitrogens is 1. The zero-order chi connectivity index (χ0) is 15.0. The van der Waals surface area contributed by atoms with Gasteiger partial charge < -0.3 is 10.3 Å². The molecule has 0 saturated carbocycles. The van der Waals surface area contributed by atoms with Gasteiger partial charge in [0.2, 0.25) is 0 Å². The smallest absolute Gasteiger partial charge is 0.177 e. The predicted molar refractivity (Wildman–Crippen MR) is 84.2 cm³/mol. The molecule has 3 rings (SSSR count). The Morgan fingerprint density at radius 1 is 1.10 bits per heavy atom. The lowest BCUT2D eigenvalue weighted by atomic mass is 10.0. The summed E-state index contributed by atoms with van der Waals surface area (Å²) < 4.78 is 19.4. The molecular weight excluding hydrogens is 335 g/mol. The van der Waals surface area contributed by atoms with Crippen LogP contribution in [-0.4, -0.2) is 5.16 Å². The molecule has 21 heavy (non-hydrogen) atoms. The molecule has 3 aromatic rings. The van der Waals surface area contributed by atoms with E-state index < -0.39 is 0 Å². The van der Waals surface area contributed by atoms with Crippen LogP contribution in [0.15, 0.2) is 51.5 Å². The van der Waals surface area contributed by atoms with E-state index in [1.807, 2.05) is 31.2 Å². The van der Waals surface area contributed by atoms with Crippen molar-refractivity contribution in [2.45, 2.75) is 6.92 Å². The van der Waals surface area contributed by atoms with Crippen LogP contribution in [-0.2, 0) is 0 Å². The lowest BCUT2D eigenvalue weighted by Gasteiger charge is -2.04. The van der Waals surface area contributed by atoms with Gasteiger partial charge >= 0.3 is 0 Å². The van der Waals surface area contributed by atoms with Gasteiger partial charge in [0.15, 0.2) is 11.6 Å². The molecular formula is C16H12BrFN2O. The largest absolute Gasteiger partial charge is 0.380 e. The maximum absolute atomic E-state index is 13.7. The Morgan fingerprint density at radius 2 is 1.76 bits per heavy atom. The van der Waals surface area contributed by atoms with Gasteiger partial charge in [-0.2, -0.15) is 0 Å². The van der Waals surface area contributed by atoms with Crippen LogP contribution in [0.3, 0.4) is 0 Å². The van der Waals surface area contributed by atoms with Crippen molar-refractivity contribution in [2.75, 3.05) is 5.73 Å². The van der Waals surface area contributed by atoms with Gasteiger partial charge in [0.05, 0.1) is 10.0 Å². The molecule has 0 aliphatic heterocycles. The molecule has 2 N–H and O–H groups in total. The van der Waals surface area contributed by atoms with Crippen molar-refractivity contribution < 1.29 is 8.91 Å². The summed E-state index contributed by atoms with van der Waals surface area (Å²) in [6.45, 7) is 2.01. The SMILES string of the molecule is Cc1ccc(-c2c(N)noc2-c2ccc(Br)c(F)c2)cc1. The second-order valence-electron chi connectivity index (χ2n) is 4.77. The second kappa shape index (κ2) is 5.33. The van der Waals surface area contributed by atoms with Gasteiger partial charge in [-0.1, -0.05) is 35.0 Å². The summed E-state index contributed by atoms with van der Waals surface area (Å²) in [7, 11) is 0. The van der Waals surface area contributed by atoms with Crippen LogP contribution in [0.5, 0.6) is 0 Å². The van der Waals surface area contributed by atoms with E-state index in [1.54, 1.807) is 12.1 Å². The van der Waals surface area contributed by atoms with E-state index in [2.05, 4.69) is 21.1 Å². The van der Waals surface area contributed by atoms with Gasteiger partial charge in [0.1, 0.15) is 5.82 Å². The first-order valence-corrected chi connectivity index (χ1v) is 7.13. The van der Waals surface area contributed by atoms with Crippen LogP contribution < -0.4 is 5.73 Å². The van der Waals surface area contributed by atoms with Crippen LogP contribution in [0.2, 0.25) is 0 Å². The Kier molecular flexibility index (Phi) is 3.51. The molecule has 0 unspecified atom stereocenters. The molecule has 5 heteroatoms. The average Bonchev–Trinajstić information content (AvgIpc) is 2.85. The molecule has 0 aliphatic rings. The van der Waals surface area contributed by atoms with E-state index in [0.29, 0.717) is 21.4 Å². The topological polar surface area (TPSA) is 52.0 Å². The van der Waals surface area contributed by atoms with E-state index in [1.165, 1.54) is 6.07 Å². The van der Waals surface area contributed by atoms with Crippen molar-refractivity contribution >= 4 is 21.7 Å². The van der Waals surface area contributed by atoms with Crippen LogP contribution in [0.1, 0.15) is 5.56 Å². The molecule has 106 valence electrons. The molecule has 0 amide bonds. The van der Waals surface area contributed by atoms with Crippen molar-refractivity contribution in [3.63, 3.8) is 0 Å². The highest BCUT2D eigenvalue weighted by atomic mass is 79.9. The Bertz CT molecular complexity index is 797. The molecule has 1 aromatic heterocycles. The lowest BCUT2D eigenvalue weighted by Crippen LogP contribution is -1.89. The summed E-state index contributed by atoms with van der Waals surface area (Å²) in [4.78, 5) is 0. The summed E-state index contributed by atoms with van der Waals surface area (Å²) in [6, 6.07) is 12.6. The number of benzene rings is 2. The van der Waals surface area contributed by atoms with Gasteiger partial charge in [-0.05, 0) is 46.6 Å². The van der Waals surface area contributed by atoms with Crippen molar-refractivity contribution in [2.24, 2.45) is 0 Å². The highest BCUT2D eigenvalue weighted by molar-refractivity contribution is 9.10. The van der Waals surface area contributed by atoms with Crippen LogP contribution in [0.25, 0.3) is 22.5 Å². The summed E-state index contributed by atoms with van der Waals surface area (Å²) in [5.41, 5.74) is 9.21. The second-order valence-corrected chi connectivity index (χ2v) is 5.62. The predicted octanol–water partition coefficient (Wildman–Crippen LogP) is 4.80. The van der Waals surface area contributed by atoms with Crippen molar-refractivity contribution in [1.29, 1.82) is 0 Å². The highest BCUT2D eigenvalue weighted by Gasteiger charge is 2.18. The number of aryl methyl sites for hydroxylation is 1. The quantitative estimate of drug-likeness (QED) is 0.724. The van der Waals surface area contributed by atoms with Gasteiger partial charge in [-0.15, -0.1) is 0 Å². The van der Waals surface area contributed by atoms with E-state index in [9.17, 15) is 4.39 Å². The average molecular weight is 347 g/mol. The van der Waals surface area contributed by atoms with E-state index in [-0.39, 0.29) is 11.6 Å². The Hall–Kier alpha value is -2.14. The van der Waals surface area contributed by atoms with Gasteiger partial charge in [-0.25, -0.2) is 4.39 Å². The molecule has 0 fully saturated rings. The summed E-state index contributed by atoms with van der Waals surface area (Å²) >= 11 is 3.13. The summed E-state index contributed by atoms with van der Waals surface area (Å²) in [5, 5.41) is 3.81. The minimum Gasteiger partial charge on any atom is -0.380 e. The molecule has 0 aliphatic carbocycles. The molecule has 0 bridgehead atoms. The number of nitrogen functional groups attached to an aromatic ring is 1. The Balaban J connectivity index is 2.16. The molecule has 2 aromatic carbocycles. The van der Waals surface area contributed by atoms with E-state index >= 15 is 0 Å². The van der Waals surface area contributed by atoms with Gasteiger partial charge in [0.25, 0.3) is 0 Å². The number of anilines is 1. The lowest BCUT2D eigenvalue weighted by molar-refractivity contribution is 0.436. The number of hydrogen-bond donors (Lipinski definition) is 1. The molecule has 0 saturated heterocycles. The molecule has 0 radical (unpaired) electrons. The summed E-state index contributed by atoms with van der Waals surface area (Å²) in [6.07, 6.45) is 0. The first kappa shape index (κ1) is 13.8. The maximum atomic E-state index is 13.7. The van der Waals surface area contributed by atoms with Crippen molar-refractivity contribution in [1.82, 2.24) is 5.16 Å². The normalized spacial score (nSPS) is 10.8. The molecule has 0 atom stereocenters. The molecule has 0 spiro atoms.